The smallest absolute Gasteiger partial charge is 0.231 e. The number of ether oxygens (including phenoxy) is 3. The van der Waals surface area contributed by atoms with Crippen molar-refractivity contribution < 1.29 is 17.0 Å². The lowest BCUT2D eigenvalue weighted by Crippen LogP contribution is -2.41. The molecule has 3 aromatic rings. The Morgan fingerprint density at radius 1 is 0.935 bits per heavy atom. The minimum atomic E-state index is -1.50. The predicted molar refractivity (Wildman–Crippen MR) is 122 cm³/mol. The maximum absolute atomic E-state index is 8.73. The van der Waals surface area contributed by atoms with E-state index in [-0.39, 0.29) is 19.0 Å². The summed E-state index contributed by atoms with van der Waals surface area (Å²) >= 11 is 0. The van der Waals surface area contributed by atoms with Crippen molar-refractivity contribution >= 4 is 0 Å². The first kappa shape index (κ1) is 17.8. The van der Waals surface area contributed by atoms with Gasteiger partial charge in [0.05, 0.1) is 6.10 Å². The molecule has 160 valence electrons. The van der Waals surface area contributed by atoms with Crippen LogP contribution in [0.15, 0.2) is 78.9 Å². The minimum Gasteiger partial charge on any atom is -0.454 e. The monoisotopic (exact) mass is 417 g/mol. The van der Waals surface area contributed by atoms with E-state index in [1.807, 2.05) is 36.4 Å². The van der Waals surface area contributed by atoms with E-state index in [0.717, 1.165) is 30.5 Å². The van der Waals surface area contributed by atoms with Crippen molar-refractivity contribution in [1.82, 2.24) is 4.90 Å². The summed E-state index contributed by atoms with van der Waals surface area (Å²) in [7, 11) is 0. The van der Waals surface area contributed by atoms with Crippen molar-refractivity contribution in [3.63, 3.8) is 0 Å². The van der Waals surface area contributed by atoms with Gasteiger partial charge in [0.25, 0.3) is 0 Å². The Labute approximate surface area is 187 Å². The fourth-order valence-electron chi connectivity index (χ4n) is 4.28. The molecule has 0 aliphatic carbocycles. The summed E-state index contributed by atoms with van der Waals surface area (Å²) in [5, 5.41) is 0. The minimum absolute atomic E-state index is 0.0386. The number of hydrogen-bond donors (Lipinski definition) is 0. The Hall–Kier alpha value is -2.82. The Balaban J connectivity index is 1.29. The van der Waals surface area contributed by atoms with Gasteiger partial charge in [-0.15, -0.1) is 0 Å². The molecular formula is C27H29NO3. The zero-order chi connectivity index (χ0) is 22.7. The molecule has 0 radical (unpaired) electrons. The third kappa shape index (κ3) is 4.92. The van der Waals surface area contributed by atoms with Crippen molar-refractivity contribution in [3.8, 4) is 11.5 Å². The molecule has 3 aromatic carbocycles. The SMILES string of the molecule is [2H]C([2H])(CN1CCC[C@@H](OC(c2ccccc2)c2ccccc2)C1)c1ccc2c(c1)OCO2. The van der Waals surface area contributed by atoms with Crippen molar-refractivity contribution in [2.75, 3.05) is 26.4 Å². The molecule has 0 N–H and O–H groups in total. The van der Waals surface area contributed by atoms with Gasteiger partial charge in [-0.3, -0.25) is 0 Å². The summed E-state index contributed by atoms with van der Waals surface area (Å²) < 4.78 is 34.9. The first-order valence-corrected chi connectivity index (χ1v) is 11.0. The molecule has 0 saturated carbocycles. The summed E-state index contributed by atoms with van der Waals surface area (Å²) in [6.45, 7) is 2.08. The molecule has 5 rings (SSSR count). The third-order valence-corrected chi connectivity index (χ3v) is 5.87. The van der Waals surface area contributed by atoms with Crippen LogP contribution in [0.25, 0.3) is 0 Å². The molecule has 0 bridgehead atoms. The second-order valence-electron chi connectivity index (χ2n) is 8.08. The van der Waals surface area contributed by atoms with Gasteiger partial charge in [-0.1, -0.05) is 66.7 Å². The summed E-state index contributed by atoms with van der Waals surface area (Å²) in [5.74, 6) is 1.29. The molecule has 2 aliphatic rings. The van der Waals surface area contributed by atoms with E-state index >= 15 is 0 Å². The Bertz CT molecular complexity index is 1020. The summed E-state index contributed by atoms with van der Waals surface area (Å²) in [5.41, 5.74) is 2.88. The number of likely N-dealkylation sites (tertiary alicyclic amines) is 1. The molecule has 4 nitrogen and oxygen atoms in total. The van der Waals surface area contributed by atoms with Crippen LogP contribution >= 0.6 is 0 Å². The molecule has 0 spiro atoms. The Morgan fingerprint density at radius 3 is 2.39 bits per heavy atom. The second kappa shape index (κ2) is 9.54. The first-order chi connectivity index (χ1) is 16.1. The molecule has 31 heavy (non-hydrogen) atoms. The van der Waals surface area contributed by atoms with Gasteiger partial charge in [0.1, 0.15) is 6.10 Å². The van der Waals surface area contributed by atoms with Crippen LogP contribution in [0.4, 0.5) is 0 Å². The molecule has 2 heterocycles. The number of piperidine rings is 1. The molecular weight excluding hydrogens is 386 g/mol. The molecule has 0 unspecified atom stereocenters. The van der Waals surface area contributed by atoms with E-state index in [9.17, 15) is 0 Å². The van der Waals surface area contributed by atoms with Crippen LogP contribution in [0.5, 0.6) is 11.5 Å². The zero-order valence-corrected chi connectivity index (χ0v) is 17.6. The highest BCUT2D eigenvalue weighted by atomic mass is 16.7. The standard InChI is InChI=1S/C27H29NO3/c1-3-8-22(9-4-1)27(23-10-5-2-6-11-23)31-24-12-7-16-28(19-24)17-15-21-13-14-25-26(18-21)30-20-29-25/h1-6,8-11,13-14,18,24,27H,7,12,15-17,19-20H2/t24-/m1/s1/i15D2. The number of rotatable bonds is 7. The fraction of sp³-hybridized carbons (Fsp3) is 0.333. The maximum atomic E-state index is 8.73. The molecule has 0 amide bonds. The number of fused-ring (bicyclic) bond motifs is 1. The molecule has 2 aliphatic heterocycles. The van der Waals surface area contributed by atoms with Crippen LogP contribution in [-0.4, -0.2) is 37.4 Å². The molecule has 0 aromatic heterocycles. The van der Waals surface area contributed by atoms with Gasteiger partial charge in [-0.25, -0.2) is 0 Å². The van der Waals surface area contributed by atoms with Crippen LogP contribution in [0.2, 0.25) is 0 Å². The average molecular weight is 418 g/mol. The van der Waals surface area contributed by atoms with Gasteiger partial charge in [0.2, 0.25) is 6.79 Å². The van der Waals surface area contributed by atoms with E-state index in [1.165, 1.54) is 0 Å². The molecule has 1 fully saturated rings. The molecule has 1 atom stereocenters. The van der Waals surface area contributed by atoms with Gasteiger partial charge in [0, 0.05) is 15.8 Å². The maximum Gasteiger partial charge on any atom is 0.231 e. The van der Waals surface area contributed by atoms with Crippen molar-refractivity contribution in [2.24, 2.45) is 0 Å². The largest absolute Gasteiger partial charge is 0.454 e. The van der Waals surface area contributed by atoms with Gasteiger partial charge < -0.3 is 19.1 Å². The number of benzene rings is 3. The van der Waals surface area contributed by atoms with E-state index < -0.39 is 6.37 Å². The van der Waals surface area contributed by atoms with Crippen LogP contribution in [-0.2, 0) is 11.1 Å². The van der Waals surface area contributed by atoms with Crippen molar-refractivity contribution in [1.29, 1.82) is 0 Å². The van der Waals surface area contributed by atoms with Crippen LogP contribution in [0, 0.1) is 0 Å². The van der Waals surface area contributed by atoms with E-state index in [4.69, 9.17) is 17.0 Å². The van der Waals surface area contributed by atoms with Gasteiger partial charge in [-0.05, 0) is 54.6 Å². The quantitative estimate of drug-likeness (QED) is 0.527. The summed E-state index contributed by atoms with van der Waals surface area (Å²) in [4.78, 5) is 2.19. The lowest BCUT2D eigenvalue weighted by Gasteiger charge is -2.35. The highest BCUT2D eigenvalue weighted by Gasteiger charge is 2.25. The first-order valence-electron chi connectivity index (χ1n) is 12.0. The lowest BCUT2D eigenvalue weighted by molar-refractivity contribution is -0.0330. The second-order valence-corrected chi connectivity index (χ2v) is 8.08. The van der Waals surface area contributed by atoms with Gasteiger partial charge in [0.15, 0.2) is 11.5 Å². The van der Waals surface area contributed by atoms with Crippen LogP contribution < -0.4 is 9.47 Å². The zero-order valence-electron chi connectivity index (χ0n) is 19.6. The highest BCUT2D eigenvalue weighted by molar-refractivity contribution is 5.44. The highest BCUT2D eigenvalue weighted by Crippen LogP contribution is 2.33. The topological polar surface area (TPSA) is 30.9 Å². The lowest BCUT2D eigenvalue weighted by atomic mass is 10.00. The Morgan fingerprint density at radius 2 is 1.65 bits per heavy atom. The van der Waals surface area contributed by atoms with E-state index in [1.54, 1.807) is 18.2 Å². The van der Waals surface area contributed by atoms with Crippen molar-refractivity contribution in [2.45, 2.75) is 31.4 Å². The van der Waals surface area contributed by atoms with Crippen LogP contribution in [0.1, 0.15) is 38.4 Å². The molecule has 1 saturated heterocycles. The normalized spacial score (nSPS) is 19.8. The average Bonchev–Trinajstić information content (AvgIpc) is 3.32. The number of nitrogens with zero attached hydrogens (tertiary/aromatic N) is 1. The van der Waals surface area contributed by atoms with E-state index in [2.05, 4.69) is 29.2 Å². The van der Waals surface area contributed by atoms with E-state index in [0.29, 0.717) is 30.2 Å². The number of hydrogen-bond acceptors (Lipinski definition) is 4. The Kier molecular flexibility index (Phi) is 5.49. The summed E-state index contributed by atoms with van der Waals surface area (Å²) in [6, 6.07) is 26.0. The van der Waals surface area contributed by atoms with Gasteiger partial charge in [-0.2, -0.15) is 0 Å². The van der Waals surface area contributed by atoms with Gasteiger partial charge >= 0.3 is 0 Å². The summed E-state index contributed by atoms with van der Waals surface area (Å²) in [6.07, 6.45) is 0.360. The van der Waals surface area contributed by atoms with Crippen LogP contribution in [0.3, 0.4) is 0 Å². The predicted octanol–water partition coefficient (Wildman–Crippen LogP) is 5.23. The fourth-order valence-corrected chi connectivity index (χ4v) is 4.28. The molecule has 4 heteroatoms. The van der Waals surface area contributed by atoms with Crippen molar-refractivity contribution in [3.05, 3.63) is 95.6 Å². The third-order valence-electron chi connectivity index (χ3n) is 5.87.